The van der Waals surface area contributed by atoms with E-state index >= 15 is 0 Å². The molecule has 0 saturated carbocycles. The number of aromatic nitrogens is 3. The van der Waals surface area contributed by atoms with Gasteiger partial charge in [-0.2, -0.15) is 0 Å². The highest BCUT2D eigenvalue weighted by molar-refractivity contribution is 6.09. The van der Waals surface area contributed by atoms with E-state index in [1.54, 1.807) is 6.20 Å². The smallest absolute Gasteiger partial charge is 0.257 e. The largest absolute Gasteiger partial charge is 0.336 e. The van der Waals surface area contributed by atoms with Gasteiger partial charge in [0.15, 0.2) is 0 Å². The lowest BCUT2D eigenvalue weighted by Crippen LogP contribution is -2.11. The number of nitrogens with zero attached hydrogens (tertiary/aromatic N) is 3. The van der Waals surface area contributed by atoms with Gasteiger partial charge in [-0.25, -0.2) is 4.98 Å². The van der Waals surface area contributed by atoms with Gasteiger partial charge in [0.25, 0.3) is 5.91 Å². The molecule has 1 N–H and O–H groups in total. The summed E-state index contributed by atoms with van der Waals surface area (Å²) in [5, 5.41) is 3.92. The topological polar surface area (TPSA) is 51.3 Å². The lowest BCUT2D eigenvalue weighted by atomic mass is 10.2. The van der Waals surface area contributed by atoms with E-state index in [1.165, 1.54) is 0 Å². The molecule has 1 amide bonds. The summed E-state index contributed by atoms with van der Waals surface area (Å²) in [6.07, 6.45) is 7.43. The Hall–Kier alpha value is -3.08. The van der Waals surface area contributed by atoms with Crippen LogP contribution in [0.2, 0.25) is 0 Å². The Balaban J connectivity index is 1.68. The molecule has 5 heteroatoms. The van der Waals surface area contributed by atoms with Gasteiger partial charge in [0.2, 0.25) is 0 Å². The van der Waals surface area contributed by atoms with Crippen LogP contribution in [0, 0.1) is 0 Å². The fourth-order valence-electron chi connectivity index (χ4n) is 2.67. The first-order chi connectivity index (χ1) is 10.7. The average Bonchev–Trinajstić information content (AvgIpc) is 3.11. The molecule has 0 aliphatic carbocycles. The number of hydrogen-bond acceptors (Lipinski definition) is 2. The van der Waals surface area contributed by atoms with Crippen molar-refractivity contribution in [3.8, 4) is 0 Å². The summed E-state index contributed by atoms with van der Waals surface area (Å²) in [7, 11) is 1.95. The molecule has 0 aromatic carbocycles. The first-order valence-electron chi connectivity index (χ1n) is 7.00. The summed E-state index contributed by atoms with van der Waals surface area (Å²) in [6.45, 7) is 0. The lowest BCUT2D eigenvalue weighted by Gasteiger charge is -2.05. The number of carbonyl (C=O) groups excluding carboxylic acids is 1. The zero-order chi connectivity index (χ0) is 15.1. The van der Waals surface area contributed by atoms with E-state index in [4.69, 9.17) is 0 Å². The van der Waals surface area contributed by atoms with Crippen molar-refractivity contribution < 1.29 is 4.79 Å². The Labute approximate surface area is 126 Å². The predicted octanol–water partition coefficient (Wildman–Crippen LogP) is 3.08. The van der Waals surface area contributed by atoms with Crippen molar-refractivity contribution in [1.82, 2.24) is 14.0 Å². The number of hydrogen-bond donors (Lipinski definition) is 1. The van der Waals surface area contributed by atoms with E-state index in [2.05, 4.69) is 10.3 Å². The summed E-state index contributed by atoms with van der Waals surface area (Å²) in [5.41, 5.74) is 3.12. The summed E-state index contributed by atoms with van der Waals surface area (Å²) >= 11 is 0. The van der Waals surface area contributed by atoms with Gasteiger partial charge >= 0.3 is 0 Å². The standard InChI is InChI=1S/C17H14N4O/c1-20-8-5-12-10-13(11-18-16(12)20)19-17(22)14-6-9-21-7-3-2-4-15(14)21/h2-11H,1H3,(H,19,22). The van der Waals surface area contributed by atoms with Crippen LogP contribution in [0.25, 0.3) is 16.6 Å². The monoisotopic (exact) mass is 290 g/mol. The lowest BCUT2D eigenvalue weighted by molar-refractivity contribution is 0.102. The molecule has 4 aromatic rings. The molecule has 0 radical (unpaired) electrons. The minimum atomic E-state index is -0.134. The molecule has 5 nitrogen and oxygen atoms in total. The van der Waals surface area contributed by atoms with Crippen molar-refractivity contribution in [2.45, 2.75) is 0 Å². The molecule has 0 atom stereocenters. The molecule has 0 bridgehead atoms. The normalized spacial score (nSPS) is 11.1. The molecule has 0 aliphatic rings. The third-order valence-corrected chi connectivity index (χ3v) is 3.78. The number of pyridine rings is 2. The number of anilines is 1. The molecule has 0 fully saturated rings. The van der Waals surface area contributed by atoms with Gasteiger partial charge < -0.3 is 14.3 Å². The number of rotatable bonds is 2. The van der Waals surface area contributed by atoms with Gasteiger partial charge in [-0.15, -0.1) is 0 Å². The number of amides is 1. The number of aryl methyl sites for hydroxylation is 1. The fourth-order valence-corrected chi connectivity index (χ4v) is 2.67. The second-order valence-electron chi connectivity index (χ2n) is 5.24. The predicted molar refractivity (Wildman–Crippen MR) is 86.1 cm³/mol. The third kappa shape index (κ3) is 1.95. The van der Waals surface area contributed by atoms with Gasteiger partial charge in [-0.05, 0) is 30.3 Å². The minimum Gasteiger partial charge on any atom is -0.336 e. The summed E-state index contributed by atoms with van der Waals surface area (Å²) in [6, 6.07) is 11.5. The first kappa shape index (κ1) is 12.6. The Morgan fingerprint density at radius 3 is 2.95 bits per heavy atom. The summed E-state index contributed by atoms with van der Waals surface area (Å²) in [4.78, 5) is 16.9. The molecule has 22 heavy (non-hydrogen) atoms. The van der Waals surface area contributed by atoms with Crippen molar-refractivity contribution in [1.29, 1.82) is 0 Å². The molecule has 0 spiro atoms. The van der Waals surface area contributed by atoms with E-state index < -0.39 is 0 Å². The van der Waals surface area contributed by atoms with Gasteiger partial charge in [0, 0.05) is 31.0 Å². The van der Waals surface area contributed by atoms with E-state index in [0.29, 0.717) is 11.3 Å². The van der Waals surface area contributed by atoms with Crippen LogP contribution in [0.1, 0.15) is 10.4 Å². The molecule has 4 rings (SSSR count). The van der Waals surface area contributed by atoms with Crippen LogP contribution < -0.4 is 5.32 Å². The maximum Gasteiger partial charge on any atom is 0.257 e. The maximum absolute atomic E-state index is 12.5. The minimum absolute atomic E-state index is 0.134. The third-order valence-electron chi connectivity index (χ3n) is 3.78. The SMILES string of the molecule is Cn1ccc2cc(NC(=O)c3ccn4ccccc34)cnc21. The number of fused-ring (bicyclic) bond motifs is 2. The van der Waals surface area contributed by atoms with Crippen LogP contribution in [0.4, 0.5) is 5.69 Å². The van der Waals surface area contributed by atoms with Crippen LogP contribution >= 0.6 is 0 Å². The van der Waals surface area contributed by atoms with Crippen LogP contribution in [-0.4, -0.2) is 19.9 Å². The van der Waals surface area contributed by atoms with Crippen molar-refractivity contribution in [3.05, 3.63) is 66.7 Å². The zero-order valence-corrected chi connectivity index (χ0v) is 12.0. The van der Waals surface area contributed by atoms with E-state index in [1.807, 2.05) is 71.0 Å². The highest BCUT2D eigenvalue weighted by Gasteiger charge is 2.12. The summed E-state index contributed by atoms with van der Waals surface area (Å²) in [5.74, 6) is -0.134. The van der Waals surface area contributed by atoms with Crippen molar-refractivity contribution in [2.24, 2.45) is 7.05 Å². The van der Waals surface area contributed by atoms with Crippen LogP contribution in [-0.2, 0) is 7.05 Å². The average molecular weight is 290 g/mol. The number of nitrogens with one attached hydrogen (secondary N) is 1. The molecular formula is C17H14N4O. The van der Waals surface area contributed by atoms with Crippen LogP contribution in [0.3, 0.4) is 0 Å². The fraction of sp³-hybridized carbons (Fsp3) is 0.0588. The van der Waals surface area contributed by atoms with Crippen LogP contribution in [0.5, 0.6) is 0 Å². The molecule has 4 heterocycles. The van der Waals surface area contributed by atoms with E-state index in [9.17, 15) is 4.79 Å². The van der Waals surface area contributed by atoms with Gasteiger partial charge in [-0.3, -0.25) is 4.79 Å². The molecule has 4 aromatic heterocycles. The van der Waals surface area contributed by atoms with Gasteiger partial charge in [0.05, 0.1) is 23.0 Å². The molecule has 0 unspecified atom stereocenters. The van der Waals surface area contributed by atoms with Gasteiger partial charge in [-0.1, -0.05) is 6.07 Å². The summed E-state index contributed by atoms with van der Waals surface area (Å²) < 4.78 is 3.87. The van der Waals surface area contributed by atoms with Crippen molar-refractivity contribution in [2.75, 3.05) is 5.32 Å². The number of carbonyl (C=O) groups is 1. The Morgan fingerprint density at radius 1 is 1.14 bits per heavy atom. The highest BCUT2D eigenvalue weighted by atomic mass is 16.1. The first-order valence-corrected chi connectivity index (χ1v) is 7.00. The Kier molecular flexibility index (Phi) is 2.72. The van der Waals surface area contributed by atoms with Crippen molar-refractivity contribution in [3.63, 3.8) is 0 Å². The van der Waals surface area contributed by atoms with E-state index in [-0.39, 0.29) is 5.91 Å². The zero-order valence-electron chi connectivity index (χ0n) is 12.0. The molecule has 108 valence electrons. The Bertz CT molecular complexity index is 996. The van der Waals surface area contributed by atoms with E-state index in [0.717, 1.165) is 16.6 Å². The van der Waals surface area contributed by atoms with Gasteiger partial charge in [0.1, 0.15) is 5.65 Å². The second kappa shape index (κ2) is 4.73. The molecular weight excluding hydrogens is 276 g/mol. The Morgan fingerprint density at radius 2 is 2.05 bits per heavy atom. The van der Waals surface area contributed by atoms with Crippen molar-refractivity contribution >= 4 is 28.1 Å². The quantitative estimate of drug-likeness (QED) is 0.617. The van der Waals surface area contributed by atoms with Crippen LogP contribution in [0.15, 0.2) is 61.2 Å². The highest BCUT2D eigenvalue weighted by Crippen LogP contribution is 2.19. The molecule has 0 saturated heterocycles. The molecule has 0 aliphatic heterocycles. The second-order valence-corrected chi connectivity index (χ2v) is 5.24. The maximum atomic E-state index is 12.5.